The van der Waals surface area contributed by atoms with Crippen molar-refractivity contribution in [1.29, 1.82) is 0 Å². The quantitative estimate of drug-likeness (QED) is 0.374. The highest BCUT2D eigenvalue weighted by Gasteiger charge is 2.16. The highest BCUT2D eigenvalue weighted by molar-refractivity contribution is 6.30. The Kier molecular flexibility index (Phi) is 4.50. The van der Waals surface area contributed by atoms with Gasteiger partial charge in [-0.05, 0) is 42.5 Å². The lowest BCUT2D eigenvalue weighted by Crippen LogP contribution is -2.12. The summed E-state index contributed by atoms with van der Waals surface area (Å²) >= 11 is 5.86. The molecule has 8 heteroatoms. The van der Waals surface area contributed by atoms with Crippen molar-refractivity contribution in [3.63, 3.8) is 0 Å². The van der Waals surface area contributed by atoms with Gasteiger partial charge in [-0.1, -0.05) is 23.7 Å². The van der Waals surface area contributed by atoms with Gasteiger partial charge in [0.25, 0.3) is 11.6 Å². The van der Waals surface area contributed by atoms with Gasteiger partial charge in [0, 0.05) is 22.7 Å². The van der Waals surface area contributed by atoms with Crippen LogP contribution in [-0.4, -0.2) is 15.8 Å². The lowest BCUT2D eigenvalue weighted by Gasteiger charge is -2.09. The van der Waals surface area contributed by atoms with Crippen LogP contribution in [0, 0.1) is 10.1 Å². The van der Waals surface area contributed by atoms with E-state index >= 15 is 0 Å². The Balaban J connectivity index is 1.69. The van der Waals surface area contributed by atoms with Crippen molar-refractivity contribution < 1.29 is 14.1 Å². The summed E-state index contributed by atoms with van der Waals surface area (Å²) in [5.74, 6) is -0.0571. The van der Waals surface area contributed by atoms with Crippen molar-refractivity contribution in [1.82, 2.24) is 4.98 Å². The molecule has 3 aromatic carbocycles. The van der Waals surface area contributed by atoms with Gasteiger partial charge in [0.15, 0.2) is 5.58 Å². The first-order valence-corrected chi connectivity index (χ1v) is 8.60. The molecule has 0 saturated heterocycles. The van der Waals surface area contributed by atoms with Crippen LogP contribution in [-0.2, 0) is 0 Å². The molecule has 0 fully saturated rings. The fourth-order valence-corrected chi connectivity index (χ4v) is 2.84. The Morgan fingerprint density at radius 1 is 1.07 bits per heavy atom. The number of hydrogen-bond donors (Lipinski definition) is 1. The number of amides is 1. The molecule has 7 nitrogen and oxygen atoms in total. The molecule has 4 rings (SSSR count). The number of nitro benzene ring substituents is 1. The summed E-state index contributed by atoms with van der Waals surface area (Å²) in [5, 5.41) is 14.3. The molecule has 138 valence electrons. The first-order chi connectivity index (χ1) is 13.5. The average molecular weight is 394 g/mol. The van der Waals surface area contributed by atoms with Gasteiger partial charge < -0.3 is 9.73 Å². The highest BCUT2D eigenvalue weighted by Crippen LogP contribution is 2.31. The summed E-state index contributed by atoms with van der Waals surface area (Å²) in [7, 11) is 0. The van der Waals surface area contributed by atoms with Crippen LogP contribution < -0.4 is 5.32 Å². The standard InChI is InChI=1S/C20H12ClN3O4/c21-13-7-5-12(6-8-13)19(25)22-16-4-2-1-3-15(16)20-23-17-11-14(24(26)27)9-10-18(17)28-20/h1-11H,(H,22,25). The highest BCUT2D eigenvalue weighted by atomic mass is 35.5. The number of anilines is 1. The number of para-hydroxylation sites is 1. The van der Waals surface area contributed by atoms with Crippen LogP contribution in [0.5, 0.6) is 0 Å². The lowest BCUT2D eigenvalue weighted by atomic mass is 10.1. The summed E-state index contributed by atoms with van der Waals surface area (Å²) < 4.78 is 5.73. The number of hydrogen-bond acceptors (Lipinski definition) is 5. The number of non-ortho nitro benzene ring substituents is 1. The Hall–Kier alpha value is -3.71. The molecule has 1 N–H and O–H groups in total. The van der Waals surface area contributed by atoms with Crippen LogP contribution in [0.2, 0.25) is 5.02 Å². The molecule has 0 radical (unpaired) electrons. The maximum absolute atomic E-state index is 12.5. The number of aromatic nitrogens is 1. The smallest absolute Gasteiger partial charge is 0.271 e. The summed E-state index contributed by atoms with van der Waals surface area (Å²) in [6, 6.07) is 17.7. The second-order valence-corrected chi connectivity index (χ2v) is 6.37. The molecule has 28 heavy (non-hydrogen) atoms. The zero-order valence-corrected chi connectivity index (χ0v) is 15.0. The summed E-state index contributed by atoms with van der Waals surface area (Å²) in [6.07, 6.45) is 0. The van der Waals surface area contributed by atoms with Crippen molar-refractivity contribution in [2.24, 2.45) is 0 Å². The second kappa shape index (κ2) is 7.13. The number of nitrogens with zero attached hydrogens (tertiary/aromatic N) is 2. The van der Waals surface area contributed by atoms with E-state index < -0.39 is 4.92 Å². The van der Waals surface area contributed by atoms with Gasteiger partial charge in [0.05, 0.1) is 16.2 Å². The number of nitrogens with one attached hydrogen (secondary N) is 1. The molecule has 0 atom stereocenters. The SMILES string of the molecule is O=C(Nc1ccccc1-c1nc2cc([N+](=O)[O-])ccc2o1)c1ccc(Cl)cc1. The molecule has 4 aromatic rings. The van der Waals surface area contributed by atoms with Gasteiger partial charge in [0.1, 0.15) is 5.52 Å². The average Bonchev–Trinajstić information content (AvgIpc) is 3.12. The summed E-state index contributed by atoms with van der Waals surface area (Å²) in [5.41, 5.74) is 2.22. The van der Waals surface area contributed by atoms with Crippen LogP contribution >= 0.6 is 11.6 Å². The molecule has 0 saturated carbocycles. The number of rotatable bonds is 4. The van der Waals surface area contributed by atoms with Crippen molar-refractivity contribution in [2.45, 2.75) is 0 Å². The molecule has 1 amide bonds. The predicted molar refractivity (Wildman–Crippen MR) is 106 cm³/mol. The number of benzene rings is 3. The zero-order valence-electron chi connectivity index (χ0n) is 14.3. The third-order valence-corrected chi connectivity index (χ3v) is 4.35. The van der Waals surface area contributed by atoms with E-state index in [-0.39, 0.29) is 17.5 Å². The molecule has 0 aliphatic rings. The van der Waals surface area contributed by atoms with Crippen LogP contribution in [0.25, 0.3) is 22.6 Å². The topological polar surface area (TPSA) is 98.3 Å². The maximum atomic E-state index is 12.5. The van der Waals surface area contributed by atoms with E-state index in [4.69, 9.17) is 16.0 Å². The lowest BCUT2D eigenvalue weighted by molar-refractivity contribution is -0.384. The number of fused-ring (bicyclic) bond motifs is 1. The van der Waals surface area contributed by atoms with Crippen LogP contribution in [0.4, 0.5) is 11.4 Å². The summed E-state index contributed by atoms with van der Waals surface area (Å²) in [6.45, 7) is 0. The Morgan fingerprint density at radius 3 is 2.57 bits per heavy atom. The minimum atomic E-state index is -0.492. The van der Waals surface area contributed by atoms with Gasteiger partial charge in [-0.15, -0.1) is 0 Å². The third-order valence-electron chi connectivity index (χ3n) is 4.09. The van der Waals surface area contributed by atoms with Gasteiger partial charge in [0.2, 0.25) is 5.89 Å². The molecule has 1 aromatic heterocycles. The van der Waals surface area contributed by atoms with Crippen molar-refractivity contribution in [2.75, 3.05) is 5.32 Å². The zero-order chi connectivity index (χ0) is 19.7. The molecule has 0 bridgehead atoms. The van der Waals surface area contributed by atoms with E-state index in [9.17, 15) is 14.9 Å². The fraction of sp³-hybridized carbons (Fsp3) is 0. The first-order valence-electron chi connectivity index (χ1n) is 8.22. The molecule has 0 unspecified atom stereocenters. The van der Waals surface area contributed by atoms with E-state index in [0.717, 1.165) is 0 Å². The van der Waals surface area contributed by atoms with E-state index in [1.807, 2.05) is 0 Å². The minimum Gasteiger partial charge on any atom is -0.436 e. The number of halogens is 1. The van der Waals surface area contributed by atoms with Gasteiger partial charge in [-0.2, -0.15) is 0 Å². The monoisotopic (exact) mass is 393 g/mol. The van der Waals surface area contributed by atoms with Crippen LogP contribution in [0.3, 0.4) is 0 Å². The number of oxazole rings is 1. The van der Waals surface area contributed by atoms with Crippen molar-refractivity contribution in [3.05, 3.63) is 87.4 Å². The Morgan fingerprint density at radius 2 is 1.82 bits per heavy atom. The molecular formula is C20H12ClN3O4. The predicted octanol–water partition coefficient (Wildman–Crippen LogP) is 5.31. The maximum Gasteiger partial charge on any atom is 0.271 e. The van der Waals surface area contributed by atoms with Gasteiger partial charge in [-0.3, -0.25) is 14.9 Å². The number of carbonyl (C=O) groups excluding carboxylic acids is 1. The van der Waals surface area contributed by atoms with Gasteiger partial charge in [-0.25, -0.2) is 4.98 Å². The second-order valence-electron chi connectivity index (χ2n) is 5.93. The Bertz CT molecular complexity index is 1200. The minimum absolute atomic E-state index is 0.0725. The van der Waals surface area contributed by atoms with E-state index in [1.54, 1.807) is 48.5 Å². The van der Waals surface area contributed by atoms with Gasteiger partial charge >= 0.3 is 0 Å². The largest absolute Gasteiger partial charge is 0.436 e. The normalized spacial score (nSPS) is 10.8. The van der Waals surface area contributed by atoms with Crippen molar-refractivity contribution in [3.8, 4) is 11.5 Å². The fourth-order valence-electron chi connectivity index (χ4n) is 2.72. The van der Waals surface area contributed by atoms with E-state index in [0.29, 0.717) is 32.9 Å². The summed E-state index contributed by atoms with van der Waals surface area (Å²) in [4.78, 5) is 27.3. The number of nitro groups is 1. The number of carbonyl (C=O) groups is 1. The van der Waals surface area contributed by atoms with E-state index in [1.165, 1.54) is 18.2 Å². The molecule has 1 heterocycles. The first kappa shape index (κ1) is 17.7. The van der Waals surface area contributed by atoms with Crippen molar-refractivity contribution >= 4 is 40.0 Å². The van der Waals surface area contributed by atoms with E-state index in [2.05, 4.69) is 10.3 Å². The molecular weight excluding hydrogens is 382 g/mol. The molecule has 0 aliphatic heterocycles. The Labute approximate surface area is 163 Å². The molecule has 0 spiro atoms. The van der Waals surface area contributed by atoms with Crippen LogP contribution in [0.1, 0.15) is 10.4 Å². The third kappa shape index (κ3) is 3.43. The van der Waals surface area contributed by atoms with Crippen LogP contribution in [0.15, 0.2) is 71.1 Å². The molecule has 0 aliphatic carbocycles.